The Morgan fingerprint density at radius 2 is 1.89 bits per heavy atom. The van der Waals surface area contributed by atoms with E-state index in [2.05, 4.69) is 30.9 Å². The van der Waals surface area contributed by atoms with Gasteiger partial charge in [0.2, 0.25) is 11.9 Å². The van der Waals surface area contributed by atoms with Crippen LogP contribution in [0.5, 0.6) is 0 Å². The van der Waals surface area contributed by atoms with Crippen molar-refractivity contribution in [3.63, 3.8) is 0 Å². The Morgan fingerprint density at radius 3 is 2.53 bits per heavy atom. The molecule has 0 saturated heterocycles. The molecule has 0 aliphatic heterocycles. The van der Waals surface area contributed by atoms with Gasteiger partial charge in [-0.15, -0.1) is 0 Å². The molecule has 1 aromatic carbocycles. The fraction of sp³-hybridized carbons (Fsp3) is 0.320. The summed E-state index contributed by atoms with van der Waals surface area (Å²) in [4.78, 5) is 21.0. The van der Waals surface area contributed by atoms with Crippen LogP contribution in [-0.2, 0) is 30.1 Å². The zero-order chi connectivity index (χ0) is 27.1. The number of hydrogen-bond donors (Lipinski definition) is 2. The minimum Gasteiger partial charge on any atom is -0.358 e. The number of aryl methyl sites for hydroxylation is 2. The third-order valence-corrected chi connectivity index (χ3v) is 6.42. The Bertz CT molecular complexity index is 1470. The topological polar surface area (TPSA) is 111 Å². The minimum absolute atomic E-state index is 0.0921. The molecule has 0 radical (unpaired) electrons. The fourth-order valence-corrected chi connectivity index (χ4v) is 4.15. The van der Waals surface area contributed by atoms with Gasteiger partial charge in [-0.25, -0.2) is 14.4 Å². The van der Waals surface area contributed by atoms with Gasteiger partial charge in [-0.05, 0) is 36.5 Å². The highest BCUT2D eigenvalue weighted by Gasteiger charge is 2.66. The highest BCUT2D eigenvalue weighted by molar-refractivity contribution is 5.91. The molecule has 3 aromatic heterocycles. The van der Waals surface area contributed by atoms with Crippen LogP contribution in [0.25, 0.3) is 11.1 Å². The first-order valence-corrected chi connectivity index (χ1v) is 11.8. The average molecular weight is 529 g/mol. The fourth-order valence-electron chi connectivity index (χ4n) is 4.15. The van der Waals surface area contributed by atoms with Crippen LogP contribution in [0.1, 0.15) is 36.8 Å². The third-order valence-electron chi connectivity index (χ3n) is 6.42. The van der Waals surface area contributed by atoms with Crippen LogP contribution in [0, 0.1) is 5.82 Å². The van der Waals surface area contributed by atoms with E-state index in [0.717, 1.165) is 23.9 Å². The second-order valence-electron chi connectivity index (χ2n) is 9.12. The lowest BCUT2D eigenvalue weighted by atomic mass is 10.0. The van der Waals surface area contributed by atoms with Crippen molar-refractivity contribution in [1.29, 1.82) is 0 Å². The lowest BCUT2D eigenvalue weighted by Gasteiger charge is -2.14. The average Bonchev–Trinajstić information content (AvgIpc) is 3.45. The summed E-state index contributed by atoms with van der Waals surface area (Å²) in [6.45, 7) is 1.99. The first kappa shape index (κ1) is 25.4. The highest BCUT2D eigenvalue weighted by Crippen LogP contribution is 2.59. The van der Waals surface area contributed by atoms with E-state index in [-0.39, 0.29) is 36.4 Å². The van der Waals surface area contributed by atoms with Crippen molar-refractivity contribution in [3.8, 4) is 11.1 Å². The Kier molecular flexibility index (Phi) is 6.37. The molecule has 1 fully saturated rings. The SMILES string of the molecule is CCc1nn(C)cc1Nc1ncc(-c2ccc(CC(=O)Nc3cc(C4(C(F)(F)F)CC4)on3)c(F)c2)cn1. The monoisotopic (exact) mass is 529 g/mol. The largest absolute Gasteiger partial charge is 0.401 e. The van der Waals surface area contributed by atoms with Crippen molar-refractivity contribution in [1.82, 2.24) is 24.9 Å². The number of hydrogen-bond acceptors (Lipinski definition) is 7. The highest BCUT2D eigenvalue weighted by atomic mass is 19.4. The Hall–Kier alpha value is -4.29. The number of nitrogens with zero attached hydrogens (tertiary/aromatic N) is 5. The molecule has 1 aliphatic carbocycles. The van der Waals surface area contributed by atoms with Crippen molar-refractivity contribution < 1.29 is 26.9 Å². The Morgan fingerprint density at radius 1 is 1.16 bits per heavy atom. The van der Waals surface area contributed by atoms with E-state index >= 15 is 0 Å². The second kappa shape index (κ2) is 9.54. The zero-order valence-electron chi connectivity index (χ0n) is 20.4. The first-order chi connectivity index (χ1) is 18.1. The summed E-state index contributed by atoms with van der Waals surface area (Å²) in [5.74, 6) is -1.40. The molecular weight excluding hydrogens is 506 g/mol. The molecule has 4 aromatic rings. The smallest absolute Gasteiger partial charge is 0.358 e. The van der Waals surface area contributed by atoms with Crippen LogP contribution in [0.4, 0.5) is 35.0 Å². The molecule has 5 rings (SSSR count). The van der Waals surface area contributed by atoms with Crippen LogP contribution in [0.3, 0.4) is 0 Å². The van der Waals surface area contributed by atoms with Crippen molar-refractivity contribution in [3.05, 3.63) is 65.7 Å². The number of rotatable bonds is 8. The van der Waals surface area contributed by atoms with Crippen LogP contribution in [0.2, 0.25) is 0 Å². The van der Waals surface area contributed by atoms with E-state index in [9.17, 15) is 22.4 Å². The third kappa shape index (κ3) is 4.95. The molecule has 2 N–H and O–H groups in total. The molecule has 1 amide bonds. The predicted molar refractivity (Wildman–Crippen MR) is 129 cm³/mol. The lowest BCUT2D eigenvalue weighted by molar-refractivity contribution is -0.165. The van der Waals surface area contributed by atoms with Crippen LogP contribution in [0.15, 0.2) is 47.4 Å². The Labute approximate surface area is 214 Å². The molecular formula is C25H23F4N7O2. The van der Waals surface area contributed by atoms with Gasteiger partial charge in [0.15, 0.2) is 11.6 Å². The van der Waals surface area contributed by atoms with Gasteiger partial charge in [0, 0.05) is 37.3 Å². The molecule has 0 atom stereocenters. The van der Waals surface area contributed by atoms with Gasteiger partial charge >= 0.3 is 6.18 Å². The van der Waals surface area contributed by atoms with Crippen LogP contribution in [-0.4, -0.2) is 37.0 Å². The minimum atomic E-state index is -4.46. The molecule has 1 aliphatic rings. The maximum Gasteiger partial charge on any atom is 0.401 e. The summed E-state index contributed by atoms with van der Waals surface area (Å²) in [7, 11) is 1.82. The predicted octanol–water partition coefficient (Wildman–Crippen LogP) is 5.09. The number of carbonyl (C=O) groups excluding carboxylic acids is 1. The molecule has 1 saturated carbocycles. The molecule has 38 heavy (non-hydrogen) atoms. The second-order valence-corrected chi connectivity index (χ2v) is 9.12. The molecule has 0 spiro atoms. The zero-order valence-corrected chi connectivity index (χ0v) is 20.4. The van der Waals surface area contributed by atoms with Gasteiger partial charge in [-0.1, -0.05) is 24.2 Å². The van der Waals surface area contributed by atoms with Crippen molar-refractivity contribution in [2.75, 3.05) is 10.6 Å². The number of amides is 1. The van der Waals surface area contributed by atoms with Crippen LogP contribution < -0.4 is 10.6 Å². The van der Waals surface area contributed by atoms with Gasteiger partial charge in [-0.3, -0.25) is 9.48 Å². The number of halogens is 4. The molecule has 0 bridgehead atoms. The summed E-state index contributed by atoms with van der Waals surface area (Å²) in [5.41, 5.74) is 0.814. The van der Waals surface area contributed by atoms with Gasteiger partial charge in [0.1, 0.15) is 11.2 Å². The first-order valence-electron chi connectivity index (χ1n) is 11.8. The maximum atomic E-state index is 14.8. The van der Waals surface area contributed by atoms with E-state index in [0.29, 0.717) is 17.1 Å². The van der Waals surface area contributed by atoms with Crippen molar-refractivity contribution in [2.24, 2.45) is 7.05 Å². The van der Waals surface area contributed by atoms with E-state index in [4.69, 9.17) is 4.52 Å². The van der Waals surface area contributed by atoms with E-state index in [1.165, 1.54) is 12.1 Å². The van der Waals surface area contributed by atoms with Gasteiger partial charge < -0.3 is 15.2 Å². The summed E-state index contributed by atoms with van der Waals surface area (Å²) < 4.78 is 61.1. The standard InChI is InChI=1S/C25H23F4N7O2/c1-3-18-19(13-36(2)34-18)32-23-30-11-16(12-31-23)14-4-5-15(17(26)8-14)9-22(37)33-21-10-20(38-35-21)24(6-7-24)25(27,28)29/h4-5,8,10-13H,3,6-7,9H2,1-2H3,(H,30,31,32)(H,33,35,37). The summed E-state index contributed by atoms with van der Waals surface area (Å²) in [6.07, 6.45) is 0.678. The molecule has 9 nitrogen and oxygen atoms in total. The summed E-state index contributed by atoms with van der Waals surface area (Å²) in [6, 6.07) is 5.41. The summed E-state index contributed by atoms with van der Waals surface area (Å²) >= 11 is 0. The molecule has 13 heteroatoms. The number of anilines is 3. The van der Waals surface area contributed by atoms with E-state index in [1.54, 1.807) is 23.1 Å². The number of aromatic nitrogens is 5. The molecule has 3 heterocycles. The summed E-state index contributed by atoms with van der Waals surface area (Å²) in [5, 5.41) is 13.3. The van der Waals surface area contributed by atoms with Gasteiger partial charge in [0.05, 0.1) is 17.8 Å². The quantitative estimate of drug-likeness (QED) is 0.306. The van der Waals surface area contributed by atoms with E-state index < -0.39 is 23.3 Å². The van der Waals surface area contributed by atoms with E-state index in [1.807, 2.05) is 20.2 Å². The van der Waals surface area contributed by atoms with Crippen LogP contribution >= 0.6 is 0 Å². The van der Waals surface area contributed by atoms with Gasteiger partial charge in [0.25, 0.3) is 0 Å². The number of nitrogens with one attached hydrogen (secondary N) is 2. The number of alkyl halides is 3. The molecule has 0 unspecified atom stereocenters. The number of benzene rings is 1. The Balaban J connectivity index is 1.22. The van der Waals surface area contributed by atoms with Crippen molar-refractivity contribution in [2.45, 2.75) is 44.2 Å². The van der Waals surface area contributed by atoms with Crippen molar-refractivity contribution >= 4 is 23.4 Å². The number of carbonyl (C=O) groups is 1. The molecule has 198 valence electrons. The van der Waals surface area contributed by atoms with Gasteiger partial charge in [-0.2, -0.15) is 18.3 Å². The lowest BCUT2D eigenvalue weighted by Crippen LogP contribution is -2.28. The normalized spacial score (nSPS) is 14.4. The maximum absolute atomic E-state index is 14.8.